The molecule has 1 saturated carbocycles. The van der Waals surface area contributed by atoms with Gasteiger partial charge in [-0.15, -0.1) is 0 Å². The molecule has 1 aliphatic rings. The fraction of sp³-hybridized carbons (Fsp3) is 0.300. The Kier molecular flexibility index (Phi) is 8.16. The number of anilines is 1. The summed E-state index contributed by atoms with van der Waals surface area (Å²) in [5.41, 5.74) is 3.64. The van der Waals surface area contributed by atoms with Gasteiger partial charge in [0.25, 0.3) is 0 Å². The highest BCUT2D eigenvalue weighted by atomic mass is 16.5. The molecule has 1 N–H and O–H groups in total. The number of para-hydroxylation sites is 1. The van der Waals surface area contributed by atoms with Crippen molar-refractivity contribution in [3.8, 4) is 11.5 Å². The second-order valence-corrected chi connectivity index (χ2v) is 9.17. The first-order chi connectivity index (χ1) is 17.4. The summed E-state index contributed by atoms with van der Waals surface area (Å²) in [6, 6.07) is 22.6. The molecule has 6 heteroatoms. The number of esters is 2. The van der Waals surface area contributed by atoms with E-state index in [4.69, 9.17) is 9.47 Å². The minimum absolute atomic E-state index is 0.0382. The molecule has 0 aliphatic heterocycles. The summed E-state index contributed by atoms with van der Waals surface area (Å²) in [6.07, 6.45) is 5.21. The first kappa shape index (κ1) is 25.2. The van der Waals surface area contributed by atoms with Crippen molar-refractivity contribution in [1.29, 1.82) is 0 Å². The number of hydrogen-bond acceptors (Lipinski definition) is 5. The van der Waals surface area contributed by atoms with Gasteiger partial charge in [0.05, 0.1) is 0 Å². The van der Waals surface area contributed by atoms with Crippen LogP contribution in [0.4, 0.5) is 5.69 Å². The number of benzene rings is 3. The smallest absolute Gasteiger partial charge is 0.308 e. The monoisotopic (exact) mass is 485 g/mol. The van der Waals surface area contributed by atoms with E-state index < -0.39 is 0 Å². The van der Waals surface area contributed by atoms with Gasteiger partial charge in [0.15, 0.2) is 0 Å². The van der Waals surface area contributed by atoms with Gasteiger partial charge in [0.2, 0.25) is 5.91 Å². The van der Waals surface area contributed by atoms with Crippen LogP contribution < -0.4 is 14.8 Å². The Labute approximate surface area is 211 Å². The zero-order valence-electron chi connectivity index (χ0n) is 20.7. The van der Waals surface area contributed by atoms with Crippen molar-refractivity contribution in [3.05, 3.63) is 89.5 Å². The maximum absolute atomic E-state index is 13.1. The third kappa shape index (κ3) is 6.39. The summed E-state index contributed by atoms with van der Waals surface area (Å²) in [5, 5.41) is 3.20. The van der Waals surface area contributed by atoms with Crippen LogP contribution in [-0.4, -0.2) is 17.8 Å². The predicted molar refractivity (Wildman–Crippen MR) is 138 cm³/mol. The van der Waals surface area contributed by atoms with Gasteiger partial charge in [-0.05, 0) is 59.9 Å². The third-order valence-corrected chi connectivity index (χ3v) is 6.46. The number of hydrogen-bond donors (Lipinski definition) is 1. The first-order valence-corrected chi connectivity index (χ1v) is 12.4. The Morgan fingerprint density at radius 3 is 1.72 bits per heavy atom. The molecule has 1 amide bonds. The van der Waals surface area contributed by atoms with Gasteiger partial charge in [-0.25, -0.2) is 0 Å². The highest BCUT2D eigenvalue weighted by molar-refractivity contribution is 5.93. The van der Waals surface area contributed by atoms with E-state index in [-0.39, 0.29) is 29.7 Å². The molecule has 3 aromatic carbocycles. The van der Waals surface area contributed by atoms with E-state index >= 15 is 0 Å². The van der Waals surface area contributed by atoms with Crippen LogP contribution in [0.5, 0.6) is 11.5 Å². The van der Waals surface area contributed by atoms with E-state index in [0.717, 1.165) is 48.1 Å². The van der Waals surface area contributed by atoms with Crippen LogP contribution in [0, 0.1) is 5.92 Å². The fourth-order valence-electron chi connectivity index (χ4n) is 4.80. The van der Waals surface area contributed by atoms with Crippen molar-refractivity contribution in [2.24, 2.45) is 5.92 Å². The maximum atomic E-state index is 13.1. The van der Waals surface area contributed by atoms with Crippen LogP contribution >= 0.6 is 0 Å². The van der Waals surface area contributed by atoms with Crippen LogP contribution in [0.3, 0.4) is 0 Å². The second kappa shape index (κ2) is 11.7. The van der Waals surface area contributed by atoms with E-state index in [1.54, 1.807) is 24.3 Å². The largest absolute Gasteiger partial charge is 0.427 e. The molecule has 4 rings (SSSR count). The van der Waals surface area contributed by atoms with E-state index in [1.165, 1.54) is 20.3 Å². The Bertz CT molecular complexity index is 1150. The molecule has 0 radical (unpaired) electrons. The van der Waals surface area contributed by atoms with Gasteiger partial charge < -0.3 is 14.8 Å². The number of amides is 1. The van der Waals surface area contributed by atoms with Crippen LogP contribution in [0.15, 0.2) is 72.8 Å². The van der Waals surface area contributed by atoms with Gasteiger partial charge in [-0.3, -0.25) is 14.4 Å². The molecule has 0 spiro atoms. The van der Waals surface area contributed by atoms with Crippen molar-refractivity contribution < 1.29 is 23.9 Å². The third-order valence-electron chi connectivity index (χ3n) is 6.46. The zero-order chi connectivity index (χ0) is 25.5. The number of nitrogens with one attached hydrogen (secondary N) is 1. The van der Waals surface area contributed by atoms with Gasteiger partial charge >= 0.3 is 11.9 Å². The molecule has 186 valence electrons. The summed E-state index contributed by atoms with van der Waals surface area (Å²) in [5.74, 6) is 0.0636. The number of rotatable bonds is 7. The molecule has 3 aromatic rings. The molecule has 0 bridgehead atoms. The molecule has 0 aromatic heterocycles. The molecule has 36 heavy (non-hydrogen) atoms. The van der Waals surface area contributed by atoms with E-state index in [0.29, 0.717) is 11.5 Å². The summed E-state index contributed by atoms with van der Waals surface area (Å²) in [6.45, 7) is 2.74. The average molecular weight is 486 g/mol. The fourth-order valence-corrected chi connectivity index (χ4v) is 4.80. The molecule has 0 heterocycles. The standard InChI is InChI=1S/C30H31NO5/c1-20(32)35-25-16-12-22(13-17-25)29(23-14-18-26(19-15-23)36-21(2)33)27-10-6-7-11-28(27)31-30(34)24-8-4-3-5-9-24/h6-7,10-19,24,29H,3-5,8-9H2,1-2H3,(H,31,34). The summed E-state index contributed by atoms with van der Waals surface area (Å²) in [4.78, 5) is 35.8. The highest BCUT2D eigenvalue weighted by Crippen LogP contribution is 2.38. The quantitative estimate of drug-likeness (QED) is 0.243. The molecular weight excluding hydrogens is 454 g/mol. The van der Waals surface area contributed by atoms with E-state index in [9.17, 15) is 14.4 Å². The summed E-state index contributed by atoms with van der Waals surface area (Å²) >= 11 is 0. The lowest BCUT2D eigenvalue weighted by atomic mass is 9.84. The lowest BCUT2D eigenvalue weighted by molar-refractivity contribution is -0.132. The summed E-state index contributed by atoms with van der Waals surface area (Å²) < 4.78 is 10.4. The minimum Gasteiger partial charge on any atom is -0.427 e. The molecule has 0 unspecified atom stereocenters. The number of carbonyl (C=O) groups excluding carboxylic acids is 3. The Balaban J connectivity index is 1.71. The normalized spacial score (nSPS) is 13.8. The SMILES string of the molecule is CC(=O)Oc1ccc(C(c2ccc(OC(C)=O)cc2)c2ccccc2NC(=O)C2CCCCC2)cc1. The Morgan fingerprint density at radius 1 is 0.722 bits per heavy atom. The lowest BCUT2D eigenvalue weighted by Crippen LogP contribution is -2.25. The van der Waals surface area contributed by atoms with E-state index in [1.807, 2.05) is 48.5 Å². The van der Waals surface area contributed by atoms with Gasteiger partial charge in [-0.2, -0.15) is 0 Å². The average Bonchev–Trinajstić information content (AvgIpc) is 2.87. The topological polar surface area (TPSA) is 81.7 Å². The molecule has 6 nitrogen and oxygen atoms in total. The summed E-state index contributed by atoms with van der Waals surface area (Å²) in [7, 11) is 0. The van der Waals surface area contributed by atoms with Crippen LogP contribution in [0.25, 0.3) is 0 Å². The molecule has 1 fully saturated rings. The highest BCUT2D eigenvalue weighted by Gasteiger charge is 2.25. The minimum atomic E-state index is -0.379. The first-order valence-electron chi connectivity index (χ1n) is 12.4. The molecule has 1 aliphatic carbocycles. The molecule has 0 atom stereocenters. The molecular formula is C30H31NO5. The maximum Gasteiger partial charge on any atom is 0.308 e. The van der Waals surface area contributed by atoms with Crippen molar-refractivity contribution in [3.63, 3.8) is 0 Å². The lowest BCUT2D eigenvalue weighted by Gasteiger charge is -2.25. The van der Waals surface area contributed by atoms with Crippen LogP contribution in [0.2, 0.25) is 0 Å². The van der Waals surface area contributed by atoms with Crippen molar-refractivity contribution >= 4 is 23.5 Å². The molecule has 0 saturated heterocycles. The second-order valence-electron chi connectivity index (χ2n) is 9.17. The van der Waals surface area contributed by atoms with Crippen molar-refractivity contribution in [2.75, 3.05) is 5.32 Å². The Hall–Kier alpha value is -3.93. The van der Waals surface area contributed by atoms with E-state index in [2.05, 4.69) is 5.32 Å². The number of carbonyl (C=O) groups is 3. The van der Waals surface area contributed by atoms with Crippen LogP contribution in [-0.2, 0) is 14.4 Å². The Morgan fingerprint density at radius 2 is 1.22 bits per heavy atom. The van der Waals surface area contributed by atoms with Crippen LogP contribution in [0.1, 0.15) is 68.6 Å². The van der Waals surface area contributed by atoms with Gasteiger partial charge in [0, 0.05) is 31.4 Å². The number of ether oxygens (including phenoxy) is 2. The van der Waals surface area contributed by atoms with Crippen molar-refractivity contribution in [2.45, 2.75) is 51.9 Å². The zero-order valence-corrected chi connectivity index (χ0v) is 20.7. The van der Waals surface area contributed by atoms with Gasteiger partial charge in [0.1, 0.15) is 11.5 Å². The predicted octanol–water partition coefficient (Wildman–Crippen LogP) is 6.24. The van der Waals surface area contributed by atoms with Gasteiger partial charge in [-0.1, -0.05) is 61.7 Å². The van der Waals surface area contributed by atoms with Crippen molar-refractivity contribution in [1.82, 2.24) is 0 Å².